The summed E-state index contributed by atoms with van der Waals surface area (Å²) in [6.45, 7) is 26.5. The summed E-state index contributed by atoms with van der Waals surface area (Å²) in [6, 6.07) is 1.27. The highest BCUT2D eigenvalue weighted by Gasteiger charge is 2.42. The molecule has 1 aromatic carbocycles. The zero-order valence-electron chi connectivity index (χ0n) is 44.3. The molecular weight excluding hydrogens is 909 g/mol. The number of benzene rings is 1. The fraction of sp³-hybridized carbons (Fsp3) is 0.673. The monoisotopic (exact) mass is 989 g/mol. The Bertz CT molecular complexity index is 2030. The van der Waals surface area contributed by atoms with Gasteiger partial charge in [-0.15, -0.1) is 0 Å². The van der Waals surface area contributed by atoms with E-state index in [1.807, 2.05) is 0 Å². The molecule has 0 aliphatic carbocycles. The molecule has 0 spiro atoms. The van der Waals surface area contributed by atoms with E-state index in [2.05, 4.69) is 42.5 Å². The van der Waals surface area contributed by atoms with Crippen molar-refractivity contribution in [3.63, 3.8) is 0 Å². The maximum Gasteiger partial charge on any atom is 0.408 e. The minimum Gasteiger partial charge on any atom is -0.467 e. The standard InChI is InChI=1S/C49H80N8O13/c1-19-27(5)33(53-43(65)48(14,15)57-45(67)70-46(9,10)11)37(59)50-29(7)36(58)52-35(30(8)69-41(63)31-24-22-21-23-25-31)40(62)55-47(12,13)42(64)54-34(28(6)20-2)38(60)51-32(26(3)4)39(61)56-49(16,17)44(66)68-18/h21-30,32-35H,19-20H2,1-18H3,(H,50,59)(H,51,60)(H,52,58)(H,53,65)(H,54,64)(H,55,62)(H,56,61)(H,57,67)/t27-,28-,29-,30+,32-,33-,34-,35-/m0/s1. The molecule has 21 nitrogen and oxygen atoms in total. The normalized spacial score (nSPS) is 15.4. The topological polar surface area (TPSA) is 295 Å². The number of hydrogen-bond acceptors (Lipinski definition) is 13. The lowest BCUT2D eigenvalue weighted by Crippen LogP contribution is -2.65. The van der Waals surface area contributed by atoms with Crippen LogP contribution in [0.1, 0.15) is 141 Å². The van der Waals surface area contributed by atoms with Crippen LogP contribution >= 0.6 is 0 Å². The molecule has 1 rings (SSSR count). The first-order valence-corrected chi connectivity index (χ1v) is 23.6. The zero-order chi connectivity index (χ0) is 54.3. The smallest absolute Gasteiger partial charge is 0.408 e. The molecule has 8 amide bonds. The van der Waals surface area contributed by atoms with Gasteiger partial charge in [0.1, 0.15) is 58.5 Å². The summed E-state index contributed by atoms with van der Waals surface area (Å²) >= 11 is 0. The molecule has 0 heterocycles. The third-order valence-corrected chi connectivity index (χ3v) is 11.4. The fourth-order valence-electron chi connectivity index (χ4n) is 6.50. The van der Waals surface area contributed by atoms with Crippen molar-refractivity contribution in [2.24, 2.45) is 17.8 Å². The Morgan fingerprint density at radius 3 is 1.39 bits per heavy atom. The third-order valence-electron chi connectivity index (χ3n) is 11.4. The van der Waals surface area contributed by atoms with Gasteiger partial charge in [0.15, 0.2) is 0 Å². The molecule has 0 fully saturated rings. The maximum atomic E-state index is 14.3. The van der Waals surface area contributed by atoms with E-state index in [0.29, 0.717) is 12.8 Å². The number of carbonyl (C=O) groups excluding carboxylic acids is 10. The van der Waals surface area contributed by atoms with Gasteiger partial charge in [-0.1, -0.05) is 72.6 Å². The summed E-state index contributed by atoms with van der Waals surface area (Å²) in [5.41, 5.74) is -5.46. The molecule has 0 bridgehead atoms. The van der Waals surface area contributed by atoms with Crippen molar-refractivity contribution in [1.29, 1.82) is 0 Å². The number of alkyl carbamates (subject to hydrolysis) is 1. The molecule has 0 unspecified atom stereocenters. The van der Waals surface area contributed by atoms with Crippen LogP contribution in [0.3, 0.4) is 0 Å². The van der Waals surface area contributed by atoms with Crippen molar-refractivity contribution in [3.05, 3.63) is 35.9 Å². The molecule has 8 atom stereocenters. The SMILES string of the molecule is CC[C@H](C)[C@H](NC(=O)C(C)(C)NC(=O)OC(C)(C)C)C(=O)N[C@@H](C)C(=O)N[C@H](C(=O)NC(C)(C)C(=O)N[C@H](C(=O)N[C@H](C(=O)NC(C)(C)C(=O)OC)C(C)C)[C@@H](C)CC)[C@@H](C)OC(=O)c1ccccc1. The summed E-state index contributed by atoms with van der Waals surface area (Å²) in [5, 5.41) is 20.8. The lowest BCUT2D eigenvalue weighted by molar-refractivity contribution is -0.150. The number of methoxy groups -OCH3 is 1. The summed E-state index contributed by atoms with van der Waals surface area (Å²) in [7, 11) is 1.18. The van der Waals surface area contributed by atoms with E-state index >= 15 is 0 Å². The number of amides is 8. The summed E-state index contributed by atoms with van der Waals surface area (Å²) < 4.78 is 15.7. The second-order valence-corrected chi connectivity index (χ2v) is 20.6. The van der Waals surface area contributed by atoms with E-state index in [0.717, 1.165) is 0 Å². The molecule has 0 saturated carbocycles. The van der Waals surface area contributed by atoms with E-state index < -0.39 is 136 Å². The largest absolute Gasteiger partial charge is 0.467 e. The molecule has 0 aliphatic heterocycles. The maximum absolute atomic E-state index is 14.3. The highest BCUT2D eigenvalue weighted by molar-refractivity contribution is 6.00. The summed E-state index contributed by atoms with van der Waals surface area (Å²) in [5.74, 6) is -8.54. The Morgan fingerprint density at radius 2 is 0.943 bits per heavy atom. The first-order valence-electron chi connectivity index (χ1n) is 23.6. The molecule has 1 aromatic rings. The quantitative estimate of drug-likeness (QED) is 0.0547. The Hall–Kier alpha value is -6.28. The summed E-state index contributed by atoms with van der Waals surface area (Å²) in [6.07, 6.45) is -1.41. The van der Waals surface area contributed by atoms with Crippen molar-refractivity contribution in [1.82, 2.24) is 42.5 Å². The van der Waals surface area contributed by atoms with Crippen LogP contribution < -0.4 is 42.5 Å². The van der Waals surface area contributed by atoms with Gasteiger partial charge in [-0.2, -0.15) is 0 Å². The van der Waals surface area contributed by atoms with Gasteiger partial charge < -0.3 is 56.7 Å². The van der Waals surface area contributed by atoms with Gasteiger partial charge in [0.25, 0.3) is 0 Å². The van der Waals surface area contributed by atoms with Crippen LogP contribution in [0.25, 0.3) is 0 Å². The average Bonchev–Trinajstić information content (AvgIpc) is 3.25. The fourth-order valence-corrected chi connectivity index (χ4v) is 6.50. The number of esters is 2. The Labute approximate surface area is 412 Å². The molecule has 394 valence electrons. The van der Waals surface area contributed by atoms with Gasteiger partial charge in [0, 0.05) is 0 Å². The van der Waals surface area contributed by atoms with Gasteiger partial charge in [-0.25, -0.2) is 14.4 Å². The zero-order valence-corrected chi connectivity index (χ0v) is 44.3. The van der Waals surface area contributed by atoms with Crippen LogP contribution in [0, 0.1) is 17.8 Å². The van der Waals surface area contributed by atoms with Gasteiger partial charge in [0.05, 0.1) is 12.7 Å². The van der Waals surface area contributed by atoms with Crippen molar-refractivity contribution < 1.29 is 62.2 Å². The Balaban J connectivity index is 3.46. The van der Waals surface area contributed by atoms with Crippen molar-refractivity contribution in [2.45, 2.75) is 189 Å². The highest BCUT2D eigenvalue weighted by Crippen LogP contribution is 2.17. The van der Waals surface area contributed by atoms with E-state index in [9.17, 15) is 47.9 Å². The number of hydrogen-bond donors (Lipinski definition) is 8. The van der Waals surface area contributed by atoms with Gasteiger partial charge in [-0.3, -0.25) is 33.6 Å². The second-order valence-electron chi connectivity index (χ2n) is 20.6. The lowest BCUT2D eigenvalue weighted by atomic mass is 9.94. The van der Waals surface area contributed by atoms with E-state index in [-0.39, 0.29) is 5.56 Å². The van der Waals surface area contributed by atoms with Crippen LogP contribution in [-0.4, -0.2) is 125 Å². The summed E-state index contributed by atoms with van der Waals surface area (Å²) in [4.78, 5) is 135. The predicted molar refractivity (Wildman–Crippen MR) is 260 cm³/mol. The predicted octanol–water partition coefficient (Wildman–Crippen LogP) is 2.69. The minimum absolute atomic E-state index is 0.140. The van der Waals surface area contributed by atoms with Crippen molar-refractivity contribution in [2.75, 3.05) is 7.11 Å². The molecule has 21 heteroatoms. The van der Waals surface area contributed by atoms with Crippen LogP contribution in [-0.2, 0) is 52.6 Å². The number of nitrogens with one attached hydrogen (secondary N) is 8. The molecule has 0 aliphatic rings. The number of rotatable bonds is 24. The van der Waals surface area contributed by atoms with Crippen LogP contribution in [0.2, 0.25) is 0 Å². The first-order chi connectivity index (χ1) is 32.0. The van der Waals surface area contributed by atoms with Crippen LogP contribution in [0.15, 0.2) is 30.3 Å². The molecule has 0 aromatic heterocycles. The molecule has 70 heavy (non-hydrogen) atoms. The van der Waals surface area contributed by atoms with Crippen LogP contribution in [0.5, 0.6) is 0 Å². The van der Waals surface area contributed by atoms with E-state index in [1.165, 1.54) is 74.6 Å². The van der Waals surface area contributed by atoms with Crippen LogP contribution in [0.4, 0.5) is 4.79 Å². The third kappa shape index (κ3) is 18.9. The Morgan fingerprint density at radius 1 is 0.514 bits per heavy atom. The van der Waals surface area contributed by atoms with E-state index in [1.54, 1.807) is 80.5 Å². The lowest BCUT2D eigenvalue weighted by Gasteiger charge is -2.34. The molecular formula is C49H80N8O13. The second kappa shape index (κ2) is 26.1. The first kappa shape index (κ1) is 61.7. The van der Waals surface area contributed by atoms with Crippen molar-refractivity contribution >= 4 is 59.4 Å². The van der Waals surface area contributed by atoms with Gasteiger partial charge >= 0.3 is 18.0 Å². The van der Waals surface area contributed by atoms with Crippen molar-refractivity contribution in [3.8, 4) is 0 Å². The van der Waals surface area contributed by atoms with E-state index in [4.69, 9.17) is 14.2 Å². The molecule has 0 radical (unpaired) electrons. The highest BCUT2D eigenvalue weighted by atomic mass is 16.6. The molecule has 8 N–H and O–H groups in total. The molecule has 0 saturated heterocycles. The number of ether oxygens (including phenoxy) is 3. The van der Waals surface area contributed by atoms with Gasteiger partial charge in [0.2, 0.25) is 41.4 Å². The minimum atomic E-state index is -1.80. The average molecular weight is 989 g/mol. The Kier molecular flexibility index (Phi) is 23.0. The number of carbonyl (C=O) groups is 10. The van der Waals surface area contributed by atoms with Gasteiger partial charge in [-0.05, 0) is 106 Å².